The summed E-state index contributed by atoms with van der Waals surface area (Å²) in [7, 11) is 0. The molecule has 1 heterocycles. The summed E-state index contributed by atoms with van der Waals surface area (Å²) in [5.41, 5.74) is 2.89. The zero-order chi connectivity index (χ0) is 27.6. The molecule has 1 aromatic heterocycles. The van der Waals surface area contributed by atoms with Crippen LogP contribution in [-0.4, -0.2) is 4.57 Å². The van der Waals surface area contributed by atoms with E-state index in [1.807, 2.05) is 0 Å². The molecule has 2 nitrogen and oxygen atoms in total. The molecule has 2 heteroatoms. The summed E-state index contributed by atoms with van der Waals surface area (Å²) < 4.78 is 4.94. The molecule has 0 fully saturated rings. The first-order valence-electron chi connectivity index (χ1n) is 16.3. The Kier molecular flexibility index (Phi) is 14.5. The largest absolute Gasteiger partial charge is 0.244 e. The zero-order valence-corrected chi connectivity index (χ0v) is 25.5. The fourth-order valence-electron chi connectivity index (χ4n) is 6.29. The van der Waals surface area contributed by atoms with Gasteiger partial charge in [0.2, 0.25) is 6.33 Å². The van der Waals surface area contributed by atoms with Crippen LogP contribution in [-0.2, 0) is 18.4 Å². The van der Waals surface area contributed by atoms with Crippen molar-refractivity contribution in [1.29, 1.82) is 0 Å². The zero-order valence-electron chi connectivity index (χ0n) is 25.5. The van der Waals surface area contributed by atoms with Crippen molar-refractivity contribution in [1.82, 2.24) is 4.57 Å². The smallest absolute Gasteiger partial charge is 0.237 e. The monoisotopic (exact) mass is 529 g/mol. The second-order valence-corrected chi connectivity index (χ2v) is 12.1. The lowest BCUT2D eigenvalue weighted by Crippen LogP contribution is -2.38. The Morgan fingerprint density at radius 3 is 1.79 bits per heavy atom. The molecule has 2 unspecified atom stereocenters. The highest BCUT2D eigenvalue weighted by Gasteiger charge is 2.40. The van der Waals surface area contributed by atoms with Crippen molar-refractivity contribution in [3.05, 3.63) is 90.5 Å². The van der Waals surface area contributed by atoms with Crippen molar-refractivity contribution >= 4 is 0 Å². The van der Waals surface area contributed by atoms with Gasteiger partial charge in [0.05, 0.1) is 6.54 Å². The molecule has 2 atom stereocenters. The Hall–Kier alpha value is -2.35. The maximum atomic E-state index is 2.55. The van der Waals surface area contributed by atoms with Gasteiger partial charge in [0, 0.05) is 5.41 Å². The SMILES string of the molecule is CCCCCCCCCCCCCCC(n1cc[n+](CCCC)c1)C(C)(Cc1ccccc1)c1ccccc1. The van der Waals surface area contributed by atoms with Crippen molar-refractivity contribution < 1.29 is 4.57 Å². The second kappa shape index (κ2) is 18.1. The number of hydrogen-bond donors (Lipinski definition) is 0. The van der Waals surface area contributed by atoms with Crippen molar-refractivity contribution in [2.75, 3.05) is 0 Å². The molecule has 0 N–H and O–H groups in total. The molecule has 214 valence electrons. The molecule has 0 amide bonds. The number of hydrogen-bond acceptors (Lipinski definition) is 0. The fourth-order valence-corrected chi connectivity index (χ4v) is 6.29. The summed E-state index contributed by atoms with van der Waals surface area (Å²) in [6.07, 6.45) is 28.5. The average Bonchev–Trinajstić information content (AvgIpc) is 3.43. The van der Waals surface area contributed by atoms with Crippen LogP contribution in [0.2, 0.25) is 0 Å². The number of nitrogens with zero attached hydrogens (tertiary/aromatic N) is 2. The van der Waals surface area contributed by atoms with E-state index in [0.717, 1.165) is 13.0 Å². The first kappa shape index (κ1) is 31.2. The fraction of sp³-hybridized carbons (Fsp3) is 0.595. The average molecular weight is 530 g/mol. The van der Waals surface area contributed by atoms with Gasteiger partial charge in [0.15, 0.2) is 0 Å². The molecule has 39 heavy (non-hydrogen) atoms. The molecule has 3 aromatic rings. The lowest BCUT2D eigenvalue weighted by Gasteiger charge is -2.37. The molecule has 0 spiro atoms. The molecule has 0 radical (unpaired) electrons. The Balaban J connectivity index is 1.65. The van der Waals surface area contributed by atoms with Gasteiger partial charge < -0.3 is 0 Å². The van der Waals surface area contributed by atoms with E-state index in [4.69, 9.17) is 0 Å². The number of aryl methyl sites for hydroxylation is 1. The van der Waals surface area contributed by atoms with E-state index in [1.54, 1.807) is 0 Å². The lowest BCUT2D eigenvalue weighted by atomic mass is 9.70. The van der Waals surface area contributed by atoms with Crippen molar-refractivity contribution in [2.45, 2.75) is 142 Å². The molecular formula is C37H57N2+. The van der Waals surface area contributed by atoms with E-state index in [-0.39, 0.29) is 5.41 Å². The number of rotatable bonds is 21. The van der Waals surface area contributed by atoms with Gasteiger partial charge in [-0.15, -0.1) is 0 Å². The maximum Gasteiger partial charge on any atom is 0.244 e. The Morgan fingerprint density at radius 2 is 1.21 bits per heavy atom. The Labute approximate surface area is 240 Å². The van der Waals surface area contributed by atoms with Crippen molar-refractivity contribution in [3.8, 4) is 0 Å². The second-order valence-electron chi connectivity index (χ2n) is 12.1. The molecule has 2 aromatic carbocycles. The maximum absolute atomic E-state index is 2.55. The minimum absolute atomic E-state index is 0.0159. The third kappa shape index (κ3) is 10.6. The van der Waals surface area contributed by atoms with Crippen molar-refractivity contribution in [3.63, 3.8) is 0 Å². The van der Waals surface area contributed by atoms with Gasteiger partial charge in [-0.3, -0.25) is 0 Å². The van der Waals surface area contributed by atoms with Crippen LogP contribution in [0.1, 0.15) is 134 Å². The summed E-state index contributed by atoms with van der Waals surface area (Å²) in [4.78, 5) is 0. The highest BCUT2D eigenvalue weighted by molar-refractivity contribution is 5.30. The number of unbranched alkanes of at least 4 members (excludes halogenated alkanes) is 12. The van der Waals surface area contributed by atoms with Crippen LogP contribution in [0, 0.1) is 0 Å². The van der Waals surface area contributed by atoms with Crippen LogP contribution < -0.4 is 4.57 Å². The Bertz CT molecular complexity index is 993. The molecule has 0 aliphatic heterocycles. The van der Waals surface area contributed by atoms with Gasteiger partial charge >= 0.3 is 0 Å². The molecule has 0 aliphatic carbocycles. The Morgan fingerprint density at radius 1 is 0.667 bits per heavy atom. The predicted molar refractivity (Wildman–Crippen MR) is 168 cm³/mol. The van der Waals surface area contributed by atoms with E-state index in [9.17, 15) is 0 Å². The van der Waals surface area contributed by atoms with Crippen LogP contribution >= 0.6 is 0 Å². The number of benzene rings is 2. The number of aromatic nitrogens is 2. The highest BCUT2D eigenvalue weighted by Crippen LogP contribution is 2.41. The molecule has 0 bridgehead atoms. The van der Waals surface area contributed by atoms with Gasteiger partial charge in [0.25, 0.3) is 0 Å². The molecule has 3 rings (SSSR count). The highest BCUT2D eigenvalue weighted by atomic mass is 15.1. The normalized spacial score (nSPS) is 13.8. The van der Waals surface area contributed by atoms with Crippen LogP contribution in [0.25, 0.3) is 0 Å². The first-order valence-corrected chi connectivity index (χ1v) is 16.3. The minimum Gasteiger partial charge on any atom is -0.237 e. The molecule has 0 saturated heterocycles. The van der Waals surface area contributed by atoms with Crippen LogP contribution in [0.5, 0.6) is 0 Å². The quantitative estimate of drug-likeness (QED) is 0.0958. The predicted octanol–water partition coefficient (Wildman–Crippen LogP) is 10.4. The molecular weight excluding hydrogens is 472 g/mol. The lowest BCUT2D eigenvalue weighted by molar-refractivity contribution is -0.697. The van der Waals surface area contributed by atoms with Gasteiger partial charge in [-0.25, -0.2) is 9.13 Å². The third-order valence-corrected chi connectivity index (χ3v) is 8.76. The molecule has 0 saturated carbocycles. The van der Waals surface area contributed by atoms with Crippen molar-refractivity contribution in [2.24, 2.45) is 0 Å². The number of imidazole rings is 1. The summed E-state index contributed by atoms with van der Waals surface area (Å²) >= 11 is 0. The molecule has 0 aliphatic rings. The van der Waals surface area contributed by atoms with E-state index in [1.165, 1.54) is 107 Å². The van der Waals surface area contributed by atoms with Gasteiger partial charge in [-0.1, -0.05) is 158 Å². The summed E-state index contributed by atoms with van der Waals surface area (Å²) in [5, 5.41) is 0. The van der Waals surface area contributed by atoms with E-state index in [0.29, 0.717) is 6.04 Å². The summed E-state index contributed by atoms with van der Waals surface area (Å²) in [6.45, 7) is 8.20. The standard InChI is InChI=1S/C37H57N2/c1-4-6-8-9-10-11-12-13-14-15-16-23-28-36(39-31-30-38(33-39)29-7-5-2)37(3,35-26-21-18-22-27-35)32-34-24-19-17-20-25-34/h17-22,24-27,30-31,33,36H,4-16,23,28-29,32H2,1-3H3/q+1. The van der Waals surface area contributed by atoms with E-state index < -0.39 is 0 Å². The van der Waals surface area contributed by atoms with Gasteiger partial charge in [-0.05, 0) is 36.8 Å². The summed E-state index contributed by atoms with van der Waals surface area (Å²) in [6, 6.07) is 22.8. The van der Waals surface area contributed by atoms with Gasteiger partial charge in [-0.2, -0.15) is 0 Å². The summed E-state index contributed by atoms with van der Waals surface area (Å²) in [5.74, 6) is 0. The third-order valence-electron chi connectivity index (χ3n) is 8.76. The van der Waals surface area contributed by atoms with Crippen LogP contribution in [0.15, 0.2) is 79.4 Å². The van der Waals surface area contributed by atoms with Crippen LogP contribution in [0.4, 0.5) is 0 Å². The minimum atomic E-state index is 0.0159. The van der Waals surface area contributed by atoms with Crippen LogP contribution in [0.3, 0.4) is 0 Å². The topological polar surface area (TPSA) is 8.81 Å². The van der Waals surface area contributed by atoms with E-state index >= 15 is 0 Å². The van der Waals surface area contributed by atoms with Gasteiger partial charge in [0.1, 0.15) is 18.4 Å². The van der Waals surface area contributed by atoms with E-state index in [2.05, 4.69) is 109 Å². The first-order chi connectivity index (χ1) is 19.2.